The molecule has 2 N–H and O–H groups in total. The molecule has 0 saturated heterocycles. The third-order valence-electron chi connectivity index (χ3n) is 3.50. The van der Waals surface area contributed by atoms with E-state index in [2.05, 4.69) is 39.6 Å². The molecule has 0 fully saturated rings. The largest absolute Gasteiger partial charge is 0.333 e. The average molecular weight is 338 g/mol. The molecular formula is C18H18N4OS. The minimum absolute atomic E-state index is 0.165. The second kappa shape index (κ2) is 7.79. The molecule has 122 valence electrons. The van der Waals surface area contributed by atoms with Crippen molar-refractivity contribution in [3.05, 3.63) is 59.7 Å². The van der Waals surface area contributed by atoms with Gasteiger partial charge in [-0.25, -0.2) is 10.4 Å². The highest BCUT2D eigenvalue weighted by Gasteiger charge is 2.06. The predicted molar refractivity (Wildman–Crippen MR) is 98.4 cm³/mol. The molecule has 5 nitrogen and oxygen atoms in total. The molecule has 3 aromatic rings. The van der Waals surface area contributed by atoms with Gasteiger partial charge in [-0.3, -0.25) is 4.79 Å². The normalized spacial score (nSPS) is 11.2. The highest BCUT2D eigenvalue weighted by atomic mass is 32.2. The van der Waals surface area contributed by atoms with Crippen LogP contribution in [-0.2, 0) is 11.2 Å². The summed E-state index contributed by atoms with van der Waals surface area (Å²) in [5, 5.41) is 4.71. The van der Waals surface area contributed by atoms with Gasteiger partial charge in [0.2, 0.25) is 0 Å². The molecule has 0 aliphatic rings. The first-order valence-corrected chi connectivity index (χ1v) is 8.71. The maximum Gasteiger partial charge on any atom is 0.250 e. The second-order valence-corrected chi connectivity index (χ2v) is 6.20. The number of hydrogen-bond donors (Lipinski definition) is 2. The Morgan fingerprint density at radius 3 is 2.79 bits per heavy atom. The smallest absolute Gasteiger partial charge is 0.250 e. The van der Waals surface area contributed by atoms with Crippen LogP contribution >= 0.6 is 11.8 Å². The molecule has 0 aliphatic carbocycles. The van der Waals surface area contributed by atoms with Crippen LogP contribution in [-0.4, -0.2) is 27.8 Å². The number of aromatic amines is 1. The minimum Gasteiger partial charge on any atom is -0.333 e. The number of aromatic nitrogens is 2. The van der Waals surface area contributed by atoms with Gasteiger partial charge in [0.25, 0.3) is 5.91 Å². The highest BCUT2D eigenvalue weighted by molar-refractivity contribution is 7.99. The number of nitrogens with zero attached hydrogens (tertiary/aromatic N) is 2. The number of imidazole rings is 1. The van der Waals surface area contributed by atoms with Crippen molar-refractivity contribution in [3.8, 4) is 0 Å². The first-order chi connectivity index (χ1) is 11.7. The number of fused-ring (bicyclic) bond motifs is 1. The number of thioether (sulfide) groups is 1. The molecule has 0 saturated carbocycles. The molecule has 1 heterocycles. The van der Waals surface area contributed by atoms with Gasteiger partial charge >= 0.3 is 0 Å². The standard InChI is InChI=1S/C18H18N4OS/c1-2-13-7-9-14(10-8-13)11-19-22-17(23)12-24-18-20-15-5-3-4-6-16(15)21-18/h3-11H,2,12H2,1H3,(H,20,21)(H,22,23). The van der Waals surface area contributed by atoms with E-state index in [1.807, 2.05) is 36.4 Å². The molecule has 0 radical (unpaired) electrons. The molecule has 24 heavy (non-hydrogen) atoms. The van der Waals surface area contributed by atoms with Gasteiger partial charge in [-0.1, -0.05) is 55.1 Å². The fraction of sp³-hybridized carbons (Fsp3) is 0.167. The lowest BCUT2D eigenvalue weighted by atomic mass is 10.1. The lowest BCUT2D eigenvalue weighted by Gasteiger charge is -1.99. The predicted octanol–water partition coefficient (Wildman–Crippen LogP) is 3.37. The van der Waals surface area contributed by atoms with E-state index in [9.17, 15) is 4.79 Å². The van der Waals surface area contributed by atoms with E-state index in [1.165, 1.54) is 17.3 Å². The SMILES string of the molecule is CCc1ccc(C=NNC(=O)CSc2nc3ccccc3[nH]2)cc1. The van der Waals surface area contributed by atoms with E-state index in [0.717, 1.165) is 28.2 Å². The van der Waals surface area contributed by atoms with E-state index >= 15 is 0 Å². The number of carbonyl (C=O) groups excluding carboxylic acids is 1. The highest BCUT2D eigenvalue weighted by Crippen LogP contribution is 2.18. The first-order valence-electron chi connectivity index (χ1n) is 7.73. The molecule has 0 spiro atoms. The number of para-hydroxylation sites is 2. The van der Waals surface area contributed by atoms with Crippen molar-refractivity contribution >= 4 is 34.9 Å². The van der Waals surface area contributed by atoms with Crippen LogP contribution in [0.1, 0.15) is 18.1 Å². The van der Waals surface area contributed by atoms with Crippen molar-refractivity contribution in [2.45, 2.75) is 18.5 Å². The lowest BCUT2D eigenvalue weighted by molar-refractivity contribution is -0.118. The van der Waals surface area contributed by atoms with Crippen LogP contribution in [0.5, 0.6) is 0 Å². The van der Waals surface area contributed by atoms with Gasteiger partial charge in [0.1, 0.15) is 0 Å². The fourth-order valence-corrected chi connectivity index (χ4v) is 2.86. The van der Waals surface area contributed by atoms with Gasteiger partial charge in [-0.2, -0.15) is 5.10 Å². The Kier molecular flexibility index (Phi) is 5.28. The van der Waals surface area contributed by atoms with Crippen LogP contribution in [0.2, 0.25) is 0 Å². The molecule has 6 heteroatoms. The third-order valence-corrected chi connectivity index (χ3v) is 4.37. The van der Waals surface area contributed by atoms with Crippen molar-refractivity contribution in [2.24, 2.45) is 5.10 Å². The van der Waals surface area contributed by atoms with E-state index in [-0.39, 0.29) is 11.7 Å². The fourth-order valence-electron chi connectivity index (χ4n) is 2.18. The Hall–Kier alpha value is -2.60. The molecular weight excluding hydrogens is 320 g/mol. The second-order valence-electron chi connectivity index (χ2n) is 5.24. The maximum atomic E-state index is 11.8. The van der Waals surface area contributed by atoms with Gasteiger partial charge < -0.3 is 4.98 Å². The van der Waals surface area contributed by atoms with Crippen LogP contribution in [0, 0.1) is 0 Å². The quantitative estimate of drug-likeness (QED) is 0.411. The number of H-pyrrole nitrogens is 1. The molecule has 0 bridgehead atoms. The number of hydrazone groups is 1. The number of carbonyl (C=O) groups is 1. The van der Waals surface area contributed by atoms with Crippen LogP contribution in [0.4, 0.5) is 0 Å². The Balaban J connectivity index is 1.49. The summed E-state index contributed by atoms with van der Waals surface area (Å²) in [7, 11) is 0. The summed E-state index contributed by atoms with van der Waals surface area (Å²) in [6.07, 6.45) is 2.65. The average Bonchev–Trinajstić information content (AvgIpc) is 3.03. The summed E-state index contributed by atoms with van der Waals surface area (Å²) in [4.78, 5) is 19.4. The number of benzene rings is 2. The van der Waals surface area contributed by atoms with Gasteiger partial charge in [-0.15, -0.1) is 0 Å². The van der Waals surface area contributed by atoms with Gasteiger partial charge in [0, 0.05) is 0 Å². The zero-order valence-electron chi connectivity index (χ0n) is 13.3. The molecule has 0 unspecified atom stereocenters. The van der Waals surface area contributed by atoms with Crippen molar-refractivity contribution in [1.82, 2.24) is 15.4 Å². The van der Waals surface area contributed by atoms with Crippen LogP contribution in [0.3, 0.4) is 0 Å². The van der Waals surface area contributed by atoms with Gasteiger partial charge in [0.15, 0.2) is 5.16 Å². The molecule has 3 rings (SSSR count). The number of nitrogens with one attached hydrogen (secondary N) is 2. The first kappa shape index (κ1) is 16.3. The van der Waals surface area contributed by atoms with E-state index in [1.54, 1.807) is 6.21 Å². The Morgan fingerprint density at radius 1 is 1.25 bits per heavy atom. The number of rotatable bonds is 6. The molecule has 0 atom stereocenters. The van der Waals surface area contributed by atoms with Crippen LogP contribution in [0.15, 0.2) is 58.8 Å². The van der Waals surface area contributed by atoms with Crippen molar-refractivity contribution in [1.29, 1.82) is 0 Å². The Bertz CT molecular complexity index is 822. The van der Waals surface area contributed by atoms with Crippen LogP contribution in [0.25, 0.3) is 11.0 Å². The van der Waals surface area contributed by atoms with Crippen molar-refractivity contribution < 1.29 is 4.79 Å². The zero-order chi connectivity index (χ0) is 16.8. The van der Waals surface area contributed by atoms with Crippen molar-refractivity contribution in [2.75, 3.05) is 5.75 Å². The monoisotopic (exact) mass is 338 g/mol. The van der Waals surface area contributed by atoms with Gasteiger partial charge in [-0.05, 0) is 29.7 Å². The summed E-state index contributed by atoms with van der Waals surface area (Å²) in [6, 6.07) is 15.9. The summed E-state index contributed by atoms with van der Waals surface area (Å²) in [5.74, 6) is 0.0910. The molecule has 0 aliphatic heterocycles. The summed E-state index contributed by atoms with van der Waals surface area (Å²) in [5.41, 5.74) is 6.63. The molecule has 1 aromatic heterocycles. The van der Waals surface area contributed by atoms with Crippen molar-refractivity contribution in [3.63, 3.8) is 0 Å². The number of aryl methyl sites for hydroxylation is 1. The van der Waals surface area contributed by atoms with E-state index < -0.39 is 0 Å². The summed E-state index contributed by atoms with van der Waals surface area (Å²) >= 11 is 1.35. The van der Waals surface area contributed by atoms with Gasteiger partial charge in [0.05, 0.1) is 23.0 Å². The third kappa shape index (κ3) is 4.23. The van der Waals surface area contributed by atoms with E-state index in [0.29, 0.717) is 0 Å². The summed E-state index contributed by atoms with van der Waals surface area (Å²) < 4.78 is 0. The maximum absolute atomic E-state index is 11.8. The van der Waals surface area contributed by atoms with Crippen LogP contribution < -0.4 is 5.43 Å². The molecule has 1 amide bonds. The number of hydrogen-bond acceptors (Lipinski definition) is 4. The number of amides is 1. The lowest BCUT2D eigenvalue weighted by Crippen LogP contribution is -2.19. The topological polar surface area (TPSA) is 70.1 Å². The zero-order valence-corrected chi connectivity index (χ0v) is 14.1. The Morgan fingerprint density at radius 2 is 2.04 bits per heavy atom. The molecule has 2 aromatic carbocycles. The summed E-state index contributed by atoms with van der Waals surface area (Å²) in [6.45, 7) is 2.11. The minimum atomic E-state index is -0.165. The van der Waals surface area contributed by atoms with E-state index in [4.69, 9.17) is 0 Å². The Labute approximate surface area is 144 Å².